The zero-order chi connectivity index (χ0) is 12.6. The minimum atomic E-state index is -0.430. The molecule has 2 aliphatic rings. The van der Waals surface area contributed by atoms with Gasteiger partial charge in [0.25, 0.3) is 0 Å². The van der Waals surface area contributed by atoms with Crippen LogP contribution in [-0.2, 0) is 9.53 Å². The third-order valence-electron chi connectivity index (χ3n) is 3.55. The Balaban J connectivity index is 1.82. The van der Waals surface area contributed by atoms with E-state index in [0.29, 0.717) is 11.8 Å². The van der Waals surface area contributed by atoms with Crippen LogP contribution in [0.3, 0.4) is 0 Å². The number of carbonyl (C=O) groups is 2. The lowest BCUT2D eigenvalue weighted by atomic mass is 10.0. The van der Waals surface area contributed by atoms with Crippen molar-refractivity contribution >= 4 is 12.4 Å². The molecule has 0 spiro atoms. The Morgan fingerprint density at radius 2 is 2.12 bits per heavy atom. The van der Waals surface area contributed by atoms with E-state index < -0.39 is 5.60 Å². The quantitative estimate of drug-likeness (QED) is 0.693. The molecule has 17 heavy (non-hydrogen) atoms. The predicted molar refractivity (Wildman–Crippen MR) is 63.6 cm³/mol. The van der Waals surface area contributed by atoms with Gasteiger partial charge in [-0.2, -0.15) is 0 Å². The number of hydrogen-bond donors (Lipinski definition) is 0. The van der Waals surface area contributed by atoms with Crippen LogP contribution in [0.1, 0.15) is 33.6 Å². The van der Waals surface area contributed by atoms with Gasteiger partial charge >= 0.3 is 6.09 Å². The molecule has 96 valence electrons. The highest BCUT2D eigenvalue weighted by atomic mass is 16.6. The molecule has 0 aromatic heterocycles. The van der Waals surface area contributed by atoms with Crippen molar-refractivity contribution in [3.63, 3.8) is 0 Å². The van der Waals surface area contributed by atoms with Crippen LogP contribution in [0.5, 0.6) is 0 Å². The Kier molecular flexibility index (Phi) is 3.15. The van der Waals surface area contributed by atoms with Crippen molar-refractivity contribution in [2.75, 3.05) is 13.1 Å². The highest BCUT2D eigenvalue weighted by molar-refractivity contribution is 5.68. The lowest BCUT2D eigenvalue weighted by molar-refractivity contribution is -0.109. The van der Waals surface area contributed by atoms with E-state index in [1.54, 1.807) is 4.90 Å². The maximum Gasteiger partial charge on any atom is 0.410 e. The summed E-state index contributed by atoms with van der Waals surface area (Å²) in [5.74, 6) is 1.26. The largest absolute Gasteiger partial charge is 0.444 e. The van der Waals surface area contributed by atoms with Gasteiger partial charge in [0.15, 0.2) is 0 Å². The van der Waals surface area contributed by atoms with E-state index in [4.69, 9.17) is 4.74 Å². The first-order chi connectivity index (χ1) is 7.90. The molecule has 1 saturated carbocycles. The van der Waals surface area contributed by atoms with E-state index in [9.17, 15) is 9.59 Å². The van der Waals surface area contributed by atoms with Crippen molar-refractivity contribution in [3.05, 3.63) is 0 Å². The fourth-order valence-corrected chi connectivity index (χ4v) is 2.56. The zero-order valence-corrected chi connectivity index (χ0v) is 10.8. The lowest BCUT2D eigenvalue weighted by Crippen LogP contribution is -2.35. The zero-order valence-electron chi connectivity index (χ0n) is 10.8. The van der Waals surface area contributed by atoms with Gasteiger partial charge in [-0.05, 0) is 45.4 Å². The molecule has 0 aromatic rings. The van der Waals surface area contributed by atoms with Gasteiger partial charge in [0.2, 0.25) is 0 Å². The molecule has 0 bridgehead atoms. The summed E-state index contributed by atoms with van der Waals surface area (Å²) in [5, 5.41) is 0. The average Bonchev–Trinajstić information content (AvgIpc) is 2.83. The minimum Gasteiger partial charge on any atom is -0.444 e. The Morgan fingerprint density at radius 3 is 2.65 bits per heavy atom. The van der Waals surface area contributed by atoms with Crippen LogP contribution in [0.4, 0.5) is 4.79 Å². The van der Waals surface area contributed by atoms with Gasteiger partial charge in [0, 0.05) is 19.0 Å². The van der Waals surface area contributed by atoms with Gasteiger partial charge in [-0.1, -0.05) is 0 Å². The van der Waals surface area contributed by atoms with Crippen LogP contribution in [0.2, 0.25) is 0 Å². The number of aldehydes is 1. The second-order valence-electron chi connectivity index (χ2n) is 6.17. The number of ether oxygens (including phenoxy) is 1. The number of amides is 1. The average molecular weight is 239 g/mol. The third kappa shape index (κ3) is 2.99. The predicted octanol–water partition coefficient (Wildman–Crippen LogP) is 2.08. The number of rotatable bonds is 2. The number of carbonyl (C=O) groups excluding carboxylic acids is 2. The van der Waals surface area contributed by atoms with Gasteiger partial charge in [-0.15, -0.1) is 0 Å². The lowest BCUT2D eigenvalue weighted by Gasteiger charge is -2.24. The Morgan fingerprint density at radius 1 is 1.41 bits per heavy atom. The summed E-state index contributed by atoms with van der Waals surface area (Å²) in [4.78, 5) is 24.2. The standard InChI is InChI=1S/C13H21NO3/c1-13(2,3)17-12(16)14-5-4-9(7-14)11-6-10(11)8-15/h8-11H,4-7H2,1-3H3/t9-,10-,11-/m0/s1. The van der Waals surface area contributed by atoms with Gasteiger partial charge < -0.3 is 14.4 Å². The summed E-state index contributed by atoms with van der Waals surface area (Å²) in [6.45, 7) is 7.15. The van der Waals surface area contributed by atoms with Crippen molar-refractivity contribution < 1.29 is 14.3 Å². The van der Waals surface area contributed by atoms with Crippen LogP contribution >= 0.6 is 0 Å². The molecule has 3 atom stereocenters. The van der Waals surface area contributed by atoms with Gasteiger partial charge in [0.05, 0.1) is 0 Å². The molecule has 2 rings (SSSR count). The first-order valence-electron chi connectivity index (χ1n) is 6.34. The van der Waals surface area contributed by atoms with Crippen LogP contribution in [0, 0.1) is 17.8 Å². The number of hydrogen-bond acceptors (Lipinski definition) is 3. The topological polar surface area (TPSA) is 46.6 Å². The van der Waals surface area contributed by atoms with Gasteiger partial charge in [-0.25, -0.2) is 4.79 Å². The normalized spacial score (nSPS) is 32.4. The number of likely N-dealkylation sites (tertiary alicyclic amines) is 1. The molecule has 0 unspecified atom stereocenters. The first-order valence-corrected chi connectivity index (χ1v) is 6.34. The fourth-order valence-electron chi connectivity index (χ4n) is 2.56. The van der Waals surface area contributed by atoms with Crippen LogP contribution in [0.25, 0.3) is 0 Å². The summed E-state index contributed by atoms with van der Waals surface area (Å²) in [5.41, 5.74) is -0.430. The summed E-state index contributed by atoms with van der Waals surface area (Å²) >= 11 is 0. The maximum absolute atomic E-state index is 11.8. The van der Waals surface area contributed by atoms with E-state index in [1.807, 2.05) is 20.8 Å². The van der Waals surface area contributed by atoms with E-state index in [0.717, 1.165) is 32.2 Å². The van der Waals surface area contributed by atoms with Gasteiger partial charge in [-0.3, -0.25) is 0 Å². The molecule has 1 amide bonds. The molecule has 2 fully saturated rings. The molecule has 0 radical (unpaired) electrons. The highest BCUT2D eigenvalue weighted by Crippen LogP contribution is 2.46. The van der Waals surface area contributed by atoms with Crippen LogP contribution in [0.15, 0.2) is 0 Å². The molecule has 1 saturated heterocycles. The van der Waals surface area contributed by atoms with Crippen molar-refractivity contribution in [1.29, 1.82) is 0 Å². The van der Waals surface area contributed by atoms with E-state index in [-0.39, 0.29) is 12.0 Å². The summed E-state index contributed by atoms with van der Waals surface area (Å²) in [6.07, 6.45) is 2.86. The SMILES string of the molecule is CC(C)(C)OC(=O)N1CC[C@H]([C@@H]2C[C@H]2C=O)C1. The second-order valence-corrected chi connectivity index (χ2v) is 6.17. The van der Waals surface area contributed by atoms with Crippen LogP contribution in [-0.4, -0.2) is 36.0 Å². The molecular weight excluding hydrogens is 218 g/mol. The van der Waals surface area contributed by atoms with Crippen molar-refractivity contribution in [1.82, 2.24) is 4.90 Å². The van der Waals surface area contributed by atoms with Crippen molar-refractivity contribution in [2.45, 2.75) is 39.2 Å². The summed E-state index contributed by atoms with van der Waals surface area (Å²) in [7, 11) is 0. The smallest absolute Gasteiger partial charge is 0.410 e. The van der Waals surface area contributed by atoms with E-state index >= 15 is 0 Å². The minimum absolute atomic E-state index is 0.219. The Labute approximate surface area is 102 Å². The Hall–Kier alpha value is -1.06. The molecule has 1 heterocycles. The van der Waals surface area contributed by atoms with E-state index in [2.05, 4.69) is 0 Å². The molecule has 1 aliphatic heterocycles. The first kappa shape index (κ1) is 12.4. The Bertz CT molecular complexity index is 321. The fraction of sp³-hybridized carbons (Fsp3) is 0.846. The number of nitrogens with zero attached hydrogens (tertiary/aromatic N) is 1. The van der Waals surface area contributed by atoms with Crippen molar-refractivity contribution in [3.8, 4) is 0 Å². The molecule has 1 aliphatic carbocycles. The molecular formula is C13H21NO3. The molecule has 4 nitrogen and oxygen atoms in total. The van der Waals surface area contributed by atoms with E-state index in [1.165, 1.54) is 0 Å². The second kappa shape index (κ2) is 4.31. The maximum atomic E-state index is 11.8. The highest BCUT2D eigenvalue weighted by Gasteiger charge is 2.46. The molecule has 0 N–H and O–H groups in total. The van der Waals surface area contributed by atoms with Crippen LogP contribution < -0.4 is 0 Å². The van der Waals surface area contributed by atoms with Crippen molar-refractivity contribution in [2.24, 2.45) is 17.8 Å². The molecule has 4 heteroatoms. The van der Waals surface area contributed by atoms with Gasteiger partial charge in [0.1, 0.15) is 11.9 Å². The monoisotopic (exact) mass is 239 g/mol. The molecule has 0 aromatic carbocycles. The summed E-state index contributed by atoms with van der Waals surface area (Å²) in [6, 6.07) is 0. The summed E-state index contributed by atoms with van der Waals surface area (Å²) < 4.78 is 5.34. The third-order valence-corrected chi connectivity index (χ3v) is 3.55.